The standard InChI is InChI=1S/C21H31N3O5/c1-21(2,3)29-19(25)16-23-8-9-24(20(23)26)17-4-6-18(7-5-17)28-15-12-22-10-13-27-14-11-22/h4-7H,8-16H2,1-3H3. The van der Waals surface area contributed by atoms with Crippen molar-refractivity contribution >= 4 is 17.7 Å². The number of carbonyl (C=O) groups excluding carboxylic acids is 2. The highest BCUT2D eigenvalue weighted by Crippen LogP contribution is 2.23. The third kappa shape index (κ3) is 6.33. The van der Waals surface area contributed by atoms with Crippen LogP contribution in [0, 0.1) is 0 Å². The van der Waals surface area contributed by atoms with Crippen LogP contribution in [0.5, 0.6) is 5.75 Å². The third-order valence-electron chi connectivity index (χ3n) is 4.76. The van der Waals surface area contributed by atoms with Crippen LogP contribution in [0.4, 0.5) is 10.5 Å². The highest BCUT2D eigenvalue weighted by atomic mass is 16.6. The molecule has 2 aliphatic rings. The minimum absolute atomic E-state index is 0.0324. The molecule has 2 amide bonds. The molecular weight excluding hydrogens is 374 g/mol. The van der Waals surface area contributed by atoms with Gasteiger partial charge in [-0.25, -0.2) is 4.79 Å². The molecule has 0 aromatic heterocycles. The van der Waals surface area contributed by atoms with Crippen molar-refractivity contribution in [2.45, 2.75) is 26.4 Å². The normalized spacial score (nSPS) is 18.2. The molecule has 0 saturated carbocycles. The van der Waals surface area contributed by atoms with Gasteiger partial charge in [0, 0.05) is 38.4 Å². The molecule has 8 heteroatoms. The fourth-order valence-corrected chi connectivity index (χ4v) is 3.34. The Morgan fingerprint density at radius 1 is 1.07 bits per heavy atom. The number of nitrogens with zero attached hydrogens (tertiary/aromatic N) is 3. The average molecular weight is 405 g/mol. The van der Waals surface area contributed by atoms with Crippen LogP contribution in [0.1, 0.15) is 20.8 Å². The Morgan fingerprint density at radius 2 is 1.76 bits per heavy atom. The summed E-state index contributed by atoms with van der Waals surface area (Å²) in [6, 6.07) is 7.31. The third-order valence-corrected chi connectivity index (χ3v) is 4.76. The van der Waals surface area contributed by atoms with E-state index in [0.717, 1.165) is 44.3 Å². The van der Waals surface area contributed by atoms with Gasteiger partial charge >= 0.3 is 12.0 Å². The zero-order chi connectivity index (χ0) is 20.9. The van der Waals surface area contributed by atoms with E-state index in [2.05, 4.69) is 4.90 Å². The number of amides is 2. The van der Waals surface area contributed by atoms with Crippen LogP contribution in [0.25, 0.3) is 0 Å². The number of carbonyl (C=O) groups is 2. The van der Waals surface area contributed by atoms with Crippen molar-refractivity contribution in [3.8, 4) is 5.75 Å². The maximum absolute atomic E-state index is 12.6. The molecule has 160 valence electrons. The molecule has 0 N–H and O–H groups in total. The zero-order valence-electron chi connectivity index (χ0n) is 17.6. The molecule has 2 aliphatic heterocycles. The number of hydrogen-bond donors (Lipinski definition) is 0. The zero-order valence-corrected chi connectivity index (χ0v) is 17.6. The van der Waals surface area contributed by atoms with Gasteiger partial charge in [0.1, 0.15) is 24.5 Å². The van der Waals surface area contributed by atoms with E-state index in [4.69, 9.17) is 14.2 Å². The first kappa shape index (κ1) is 21.4. The number of ether oxygens (including phenoxy) is 3. The second-order valence-corrected chi connectivity index (χ2v) is 8.24. The highest BCUT2D eigenvalue weighted by Gasteiger charge is 2.32. The molecule has 1 aromatic rings. The number of hydrogen-bond acceptors (Lipinski definition) is 6. The number of morpholine rings is 1. The Bertz CT molecular complexity index is 695. The second-order valence-electron chi connectivity index (χ2n) is 8.24. The van der Waals surface area contributed by atoms with E-state index in [1.54, 1.807) is 4.90 Å². The van der Waals surface area contributed by atoms with Gasteiger partial charge in [-0.15, -0.1) is 0 Å². The van der Waals surface area contributed by atoms with Crippen molar-refractivity contribution in [3.05, 3.63) is 24.3 Å². The quantitative estimate of drug-likeness (QED) is 0.646. The van der Waals surface area contributed by atoms with Crippen molar-refractivity contribution in [1.82, 2.24) is 9.80 Å². The van der Waals surface area contributed by atoms with Crippen LogP contribution in [0.15, 0.2) is 24.3 Å². The lowest BCUT2D eigenvalue weighted by atomic mass is 10.2. The SMILES string of the molecule is CC(C)(C)OC(=O)CN1CCN(c2ccc(OCCN3CCOCC3)cc2)C1=O. The van der Waals surface area contributed by atoms with Crippen LogP contribution < -0.4 is 9.64 Å². The Kier molecular flexibility index (Phi) is 6.97. The summed E-state index contributed by atoms with van der Waals surface area (Å²) >= 11 is 0. The molecule has 3 rings (SSSR count). The van der Waals surface area contributed by atoms with Gasteiger partial charge in [0.25, 0.3) is 0 Å². The van der Waals surface area contributed by atoms with E-state index >= 15 is 0 Å². The number of benzene rings is 1. The minimum atomic E-state index is -0.558. The van der Waals surface area contributed by atoms with Gasteiger partial charge in [0.2, 0.25) is 0 Å². The molecule has 2 heterocycles. The van der Waals surface area contributed by atoms with Crippen molar-refractivity contribution < 1.29 is 23.8 Å². The fraction of sp³-hybridized carbons (Fsp3) is 0.619. The number of rotatable bonds is 7. The lowest BCUT2D eigenvalue weighted by molar-refractivity contribution is -0.155. The van der Waals surface area contributed by atoms with Crippen molar-refractivity contribution in [3.63, 3.8) is 0 Å². The Balaban J connectivity index is 1.47. The van der Waals surface area contributed by atoms with E-state index in [0.29, 0.717) is 19.7 Å². The van der Waals surface area contributed by atoms with Crippen LogP contribution in [0.2, 0.25) is 0 Å². The van der Waals surface area contributed by atoms with Crippen LogP contribution >= 0.6 is 0 Å². The van der Waals surface area contributed by atoms with Crippen molar-refractivity contribution in [2.75, 3.05) is 64.0 Å². The molecule has 0 spiro atoms. The molecule has 8 nitrogen and oxygen atoms in total. The first-order chi connectivity index (χ1) is 13.8. The fourth-order valence-electron chi connectivity index (χ4n) is 3.34. The smallest absolute Gasteiger partial charge is 0.326 e. The predicted molar refractivity (Wildman–Crippen MR) is 109 cm³/mol. The van der Waals surface area contributed by atoms with Gasteiger partial charge in [-0.1, -0.05) is 0 Å². The van der Waals surface area contributed by atoms with Gasteiger partial charge < -0.3 is 19.1 Å². The molecule has 0 aliphatic carbocycles. The Morgan fingerprint density at radius 3 is 2.41 bits per heavy atom. The average Bonchev–Trinajstić information content (AvgIpc) is 3.02. The molecule has 0 radical (unpaired) electrons. The predicted octanol–water partition coefficient (Wildman–Crippen LogP) is 1.98. The van der Waals surface area contributed by atoms with Crippen LogP contribution in [-0.2, 0) is 14.3 Å². The van der Waals surface area contributed by atoms with Gasteiger partial charge in [-0.3, -0.25) is 14.6 Å². The van der Waals surface area contributed by atoms with Crippen LogP contribution in [0.3, 0.4) is 0 Å². The molecule has 2 saturated heterocycles. The lowest BCUT2D eigenvalue weighted by Crippen LogP contribution is -2.38. The second kappa shape index (κ2) is 9.45. The number of urea groups is 1. The summed E-state index contributed by atoms with van der Waals surface area (Å²) in [5.41, 5.74) is 0.235. The van der Waals surface area contributed by atoms with E-state index in [1.807, 2.05) is 45.0 Å². The molecular formula is C21H31N3O5. The molecule has 29 heavy (non-hydrogen) atoms. The Hall–Kier alpha value is -2.32. The summed E-state index contributed by atoms with van der Waals surface area (Å²) in [5, 5.41) is 0. The van der Waals surface area contributed by atoms with Gasteiger partial charge in [0.05, 0.1) is 13.2 Å². The molecule has 1 aromatic carbocycles. The monoisotopic (exact) mass is 405 g/mol. The van der Waals surface area contributed by atoms with E-state index < -0.39 is 11.6 Å². The number of anilines is 1. The first-order valence-electron chi connectivity index (χ1n) is 10.1. The molecule has 0 bridgehead atoms. The van der Waals surface area contributed by atoms with E-state index in [9.17, 15) is 9.59 Å². The van der Waals surface area contributed by atoms with Gasteiger partial charge in [-0.05, 0) is 45.0 Å². The summed E-state index contributed by atoms with van der Waals surface area (Å²) < 4.78 is 16.5. The van der Waals surface area contributed by atoms with E-state index in [-0.39, 0.29) is 12.6 Å². The first-order valence-corrected chi connectivity index (χ1v) is 10.1. The number of esters is 1. The van der Waals surface area contributed by atoms with Gasteiger partial charge in [-0.2, -0.15) is 0 Å². The maximum Gasteiger partial charge on any atom is 0.326 e. The summed E-state index contributed by atoms with van der Waals surface area (Å²) in [5.74, 6) is 0.385. The lowest BCUT2D eigenvalue weighted by Gasteiger charge is -2.26. The largest absolute Gasteiger partial charge is 0.492 e. The van der Waals surface area contributed by atoms with Crippen molar-refractivity contribution in [1.29, 1.82) is 0 Å². The summed E-state index contributed by atoms with van der Waals surface area (Å²) in [6.07, 6.45) is 0. The topological polar surface area (TPSA) is 71.6 Å². The molecule has 0 atom stereocenters. The highest BCUT2D eigenvalue weighted by molar-refractivity contribution is 5.95. The summed E-state index contributed by atoms with van der Waals surface area (Å²) in [6.45, 7) is 11.4. The minimum Gasteiger partial charge on any atom is -0.492 e. The summed E-state index contributed by atoms with van der Waals surface area (Å²) in [7, 11) is 0. The maximum atomic E-state index is 12.6. The molecule has 2 fully saturated rings. The van der Waals surface area contributed by atoms with Gasteiger partial charge in [0.15, 0.2) is 0 Å². The summed E-state index contributed by atoms with van der Waals surface area (Å²) in [4.78, 5) is 30.1. The molecule has 0 unspecified atom stereocenters. The Labute approximate surface area is 172 Å². The van der Waals surface area contributed by atoms with E-state index in [1.165, 1.54) is 4.90 Å². The van der Waals surface area contributed by atoms with Crippen LogP contribution in [-0.4, -0.2) is 86.5 Å². The van der Waals surface area contributed by atoms with Crippen molar-refractivity contribution in [2.24, 2.45) is 0 Å².